The van der Waals surface area contributed by atoms with Crippen LogP contribution in [0.5, 0.6) is 0 Å². The van der Waals surface area contributed by atoms with Gasteiger partial charge in [0, 0.05) is 19.5 Å². The summed E-state index contributed by atoms with van der Waals surface area (Å²) < 4.78 is 5.50. The van der Waals surface area contributed by atoms with E-state index in [0.717, 1.165) is 0 Å². The number of morpholine rings is 1. The SMILES string of the molecule is C[C@@H]1CN(C(=O)NC(CCC(N)=O)C(=O)O)C[C@H](C)O1. The molecule has 1 rings (SSSR count). The minimum Gasteiger partial charge on any atom is -0.480 e. The van der Waals surface area contributed by atoms with Crippen LogP contribution in [0.2, 0.25) is 0 Å². The summed E-state index contributed by atoms with van der Waals surface area (Å²) in [7, 11) is 0. The van der Waals surface area contributed by atoms with Gasteiger partial charge in [0.25, 0.3) is 0 Å². The molecule has 3 amide bonds. The minimum atomic E-state index is -1.19. The smallest absolute Gasteiger partial charge is 0.326 e. The number of aliphatic carboxylic acids is 1. The van der Waals surface area contributed by atoms with E-state index < -0.39 is 23.9 Å². The standard InChI is InChI=1S/C12H21N3O5/c1-7-5-15(6-8(2)20-7)12(19)14-9(11(17)18)3-4-10(13)16/h7-9H,3-6H2,1-2H3,(H2,13,16)(H,14,19)(H,17,18)/t7-,8+,9?. The third-order valence-electron chi connectivity index (χ3n) is 2.98. The summed E-state index contributed by atoms with van der Waals surface area (Å²) in [5.74, 6) is -1.78. The first-order valence-electron chi connectivity index (χ1n) is 6.51. The third kappa shape index (κ3) is 5.04. The van der Waals surface area contributed by atoms with Crippen LogP contribution in [-0.2, 0) is 14.3 Å². The molecule has 114 valence electrons. The van der Waals surface area contributed by atoms with E-state index >= 15 is 0 Å². The quantitative estimate of drug-likeness (QED) is 0.630. The van der Waals surface area contributed by atoms with Crippen LogP contribution in [0.4, 0.5) is 4.79 Å². The normalized spacial score (nSPS) is 24.0. The highest BCUT2D eigenvalue weighted by Crippen LogP contribution is 2.11. The molecule has 1 aliphatic rings. The molecule has 8 heteroatoms. The van der Waals surface area contributed by atoms with Gasteiger partial charge in [-0.25, -0.2) is 9.59 Å². The monoisotopic (exact) mass is 287 g/mol. The summed E-state index contributed by atoms with van der Waals surface area (Å²) >= 11 is 0. The molecule has 0 aromatic rings. The Morgan fingerprint density at radius 3 is 2.35 bits per heavy atom. The van der Waals surface area contributed by atoms with Crippen LogP contribution in [0.25, 0.3) is 0 Å². The molecule has 0 spiro atoms. The molecule has 1 aliphatic heterocycles. The van der Waals surface area contributed by atoms with Gasteiger partial charge in [0.05, 0.1) is 12.2 Å². The predicted molar refractivity (Wildman–Crippen MR) is 70.0 cm³/mol. The zero-order valence-electron chi connectivity index (χ0n) is 11.7. The lowest BCUT2D eigenvalue weighted by Gasteiger charge is -2.35. The number of carbonyl (C=O) groups is 3. The van der Waals surface area contributed by atoms with Crippen molar-refractivity contribution in [2.75, 3.05) is 13.1 Å². The van der Waals surface area contributed by atoms with Gasteiger partial charge in [-0.05, 0) is 20.3 Å². The van der Waals surface area contributed by atoms with E-state index in [1.54, 1.807) is 0 Å². The number of urea groups is 1. The van der Waals surface area contributed by atoms with E-state index in [0.29, 0.717) is 13.1 Å². The van der Waals surface area contributed by atoms with Gasteiger partial charge in [-0.3, -0.25) is 4.79 Å². The Bertz CT molecular complexity index is 377. The summed E-state index contributed by atoms with van der Waals surface area (Å²) in [6.07, 6.45) is -0.309. The number of primary amides is 1. The van der Waals surface area contributed by atoms with Crippen molar-refractivity contribution >= 4 is 17.9 Å². The molecule has 1 saturated heterocycles. The highest BCUT2D eigenvalue weighted by Gasteiger charge is 2.28. The van der Waals surface area contributed by atoms with E-state index in [4.69, 9.17) is 15.6 Å². The number of nitrogens with zero attached hydrogens (tertiary/aromatic N) is 1. The number of nitrogens with two attached hydrogens (primary N) is 1. The van der Waals surface area contributed by atoms with Gasteiger partial charge >= 0.3 is 12.0 Å². The Morgan fingerprint density at radius 1 is 1.35 bits per heavy atom. The maximum atomic E-state index is 12.0. The Hall–Kier alpha value is -1.83. The summed E-state index contributed by atoms with van der Waals surface area (Å²) in [4.78, 5) is 35.3. The molecule has 0 aliphatic carbocycles. The van der Waals surface area contributed by atoms with Gasteiger partial charge in [0.2, 0.25) is 5.91 Å². The van der Waals surface area contributed by atoms with Crippen molar-refractivity contribution in [3.05, 3.63) is 0 Å². The topological polar surface area (TPSA) is 122 Å². The number of hydrogen-bond acceptors (Lipinski definition) is 4. The maximum absolute atomic E-state index is 12.0. The molecular weight excluding hydrogens is 266 g/mol. The molecule has 20 heavy (non-hydrogen) atoms. The van der Waals surface area contributed by atoms with Gasteiger partial charge < -0.3 is 25.8 Å². The van der Waals surface area contributed by atoms with Crippen LogP contribution < -0.4 is 11.1 Å². The summed E-state index contributed by atoms with van der Waals surface area (Å²) in [6.45, 7) is 4.49. The number of ether oxygens (including phenoxy) is 1. The van der Waals surface area contributed by atoms with Crippen molar-refractivity contribution in [1.82, 2.24) is 10.2 Å². The lowest BCUT2D eigenvalue weighted by molar-refractivity contribution is -0.139. The van der Waals surface area contributed by atoms with Gasteiger partial charge in [0.15, 0.2) is 0 Å². The van der Waals surface area contributed by atoms with E-state index in [1.165, 1.54) is 4.90 Å². The molecule has 1 heterocycles. The zero-order valence-corrected chi connectivity index (χ0v) is 11.7. The largest absolute Gasteiger partial charge is 0.480 e. The van der Waals surface area contributed by atoms with E-state index in [9.17, 15) is 14.4 Å². The third-order valence-corrected chi connectivity index (χ3v) is 2.98. The lowest BCUT2D eigenvalue weighted by atomic mass is 10.1. The first kappa shape index (κ1) is 16.2. The van der Waals surface area contributed by atoms with Gasteiger partial charge in [-0.1, -0.05) is 0 Å². The van der Waals surface area contributed by atoms with Crippen LogP contribution >= 0.6 is 0 Å². The number of carboxylic acid groups (broad SMARTS) is 1. The van der Waals surface area contributed by atoms with Crippen molar-refractivity contribution in [3.8, 4) is 0 Å². The Morgan fingerprint density at radius 2 is 1.90 bits per heavy atom. The average Bonchev–Trinajstić information content (AvgIpc) is 2.32. The number of carbonyl (C=O) groups excluding carboxylic acids is 2. The second-order valence-corrected chi connectivity index (χ2v) is 5.01. The Kier molecular flexibility index (Phi) is 5.75. The van der Waals surface area contributed by atoms with E-state index in [-0.39, 0.29) is 25.0 Å². The van der Waals surface area contributed by atoms with Crippen molar-refractivity contribution in [2.24, 2.45) is 5.73 Å². The molecule has 0 saturated carbocycles. The van der Waals surface area contributed by atoms with E-state index in [2.05, 4.69) is 5.32 Å². The van der Waals surface area contributed by atoms with E-state index in [1.807, 2.05) is 13.8 Å². The van der Waals surface area contributed by atoms with Crippen molar-refractivity contribution in [1.29, 1.82) is 0 Å². The number of rotatable bonds is 5. The number of hydrogen-bond donors (Lipinski definition) is 3. The predicted octanol–water partition coefficient (Wildman–Crippen LogP) is -0.476. The number of nitrogens with one attached hydrogen (secondary N) is 1. The minimum absolute atomic E-state index is 0.0220. The van der Waals surface area contributed by atoms with Gasteiger partial charge in [0.1, 0.15) is 6.04 Å². The summed E-state index contributed by atoms with van der Waals surface area (Å²) in [5.41, 5.74) is 4.98. The highest BCUT2D eigenvalue weighted by atomic mass is 16.5. The molecular formula is C12H21N3O5. The average molecular weight is 287 g/mol. The van der Waals surface area contributed by atoms with Crippen LogP contribution in [0, 0.1) is 0 Å². The Labute approximate surface area is 117 Å². The lowest BCUT2D eigenvalue weighted by Crippen LogP contribution is -2.54. The first-order chi connectivity index (χ1) is 9.29. The van der Waals surface area contributed by atoms with Gasteiger partial charge in [-0.15, -0.1) is 0 Å². The molecule has 0 bridgehead atoms. The van der Waals surface area contributed by atoms with Crippen molar-refractivity contribution < 1.29 is 24.2 Å². The first-order valence-corrected chi connectivity index (χ1v) is 6.51. The molecule has 0 aromatic carbocycles. The second-order valence-electron chi connectivity index (χ2n) is 5.01. The highest BCUT2D eigenvalue weighted by molar-refractivity contribution is 5.83. The van der Waals surface area contributed by atoms with Crippen molar-refractivity contribution in [2.45, 2.75) is 44.9 Å². The zero-order chi connectivity index (χ0) is 15.3. The molecule has 3 atom stereocenters. The van der Waals surface area contributed by atoms with Crippen LogP contribution in [-0.4, -0.2) is 59.3 Å². The molecule has 4 N–H and O–H groups in total. The Balaban J connectivity index is 2.56. The molecule has 1 fully saturated rings. The molecule has 0 radical (unpaired) electrons. The second kappa shape index (κ2) is 7.09. The fourth-order valence-electron chi connectivity index (χ4n) is 2.13. The van der Waals surface area contributed by atoms with Crippen LogP contribution in [0.1, 0.15) is 26.7 Å². The fraction of sp³-hybridized carbons (Fsp3) is 0.750. The molecule has 8 nitrogen and oxygen atoms in total. The fourth-order valence-corrected chi connectivity index (χ4v) is 2.13. The number of carboxylic acids is 1. The maximum Gasteiger partial charge on any atom is 0.326 e. The summed E-state index contributed by atoms with van der Waals surface area (Å²) in [6, 6.07) is -1.59. The van der Waals surface area contributed by atoms with Gasteiger partial charge in [-0.2, -0.15) is 0 Å². The van der Waals surface area contributed by atoms with Crippen LogP contribution in [0.15, 0.2) is 0 Å². The molecule has 0 aromatic heterocycles. The number of amides is 3. The van der Waals surface area contributed by atoms with Crippen molar-refractivity contribution in [3.63, 3.8) is 0 Å². The molecule has 1 unspecified atom stereocenters. The summed E-state index contributed by atoms with van der Waals surface area (Å²) in [5, 5.41) is 11.4. The van der Waals surface area contributed by atoms with Crippen LogP contribution in [0.3, 0.4) is 0 Å².